The number of ether oxygens (including phenoxy) is 2. The molecule has 1 aromatic rings. The molecule has 0 aliphatic rings. The summed E-state index contributed by atoms with van der Waals surface area (Å²) in [6, 6.07) is 0. The van der Waals surface area contributed by atoms with Crippen LogP contribution in [0.25, 0.3) is 0 Å². The molecule has 1 heterocycles. The van der Waals surface area contributed by atoms with Crippen molar-refractivity contribution in [2.45, 2.75) is 32.5 Å². The van der Waals surface area contributed by atoms with Crippen LogP contribution in [-0.4, -0.2) is 28.9 Å². The maximum Gasteiger partial charge on any atom is 0.133 e. The van der Waals surface area contributed by atoms with Crippen LogP contribution in [0.3, 0.4) is 0 Å². The lowest BCUT2D eigenvalue weighted by Gasteiger charge is -2.22. The minimum absolute atomic E-state index is 0.147. The normalized spacial score (nSPS) is 11.9. The number of rotatable bonds is 6. The SMILES string of the molecule is COC(C)(C)CCOCc1nnsc1N. The first-order chi connectivity index (χ1) is 7.05. The molecule has 0 atom stereocenters. The second-order valence-corrected chi connectivity index (χ2v) is 4.64. The summed E-state index contributed by atoms with van der Waals surface area (Å²) < 4.78 is 14.4. The Morgan fingerprint density at radius 2 is 2.20 bits per heavy atom. The van der Waals surface area contributed by atoms with Crippen LogP contribution < -0.4 is 5.73 Å². The van der Waals surface area contributed by atoms with Gasteiger partial charge in [0, 0.05) is 25.2 Å². The molecule has 0 bridgehead atoms. The maximum atomic E-state index is 5.62. The van der Waals surface area contributed by atoms with Crippen LogP contribution in [0.4, 0.5) is 5.00 Å². The molecule has 0 saturated heterocycles. The van der Waals surface area contributed by atoms with Gasteiger partial charge >= 0.3 is 0 Å². The Morgan fingerprint density at radius 1 is 1.47 bits per heavy atom. The Labute approximate surface area is 93.7 Å². The molecule has 6 heteroatoms. The van der Waals surface area contributed by atoms with Gasteiger partial charge in [0.2, 0.25) is 0 Å². The molecule has 0 aliphatic carbocycles. The lowest BCUT2D eigenvalue weighted by molar-refractivity contribution is -0.0127. The summed E-state index contributed by atoms with van der Waals surface area (Å²) in [6.45, 7) is 5.09. The molecule has 1 aromatic heterocycles. The quantitative estimate of drug-likeness (QED) is 0.750. The van der Waals surface area contributed by atoms with E-state index in [9.17, 15) is 0 Å². The van der Waals surface area contributed by atoms with Crippen molar-refractivity contribution in [2.75, 3.05) is 19.5 Å². The van der Waals surface area contributed by atoms with Crippen molar-refractivity contribution < 1.29 is 9.47 Å². The van der Waals surface area contributed by atoms with Gasteiger partial charge < -0.3 is 15.2 Å². The summed E-state index contributed by atoms with van der Waals surface area (Å²) in [7, 11) is 1.70. The lowest BCUT2D eigenvalue weighted by atomic mass is 10.1. The van der Waals surface area contributed by atoms with E-state index in [0.717, 1.165) is 12.1 Å². The first kappa shape index (κ1) is 12.4. The molecule has 0 aromatic carbocycles. The van der Waals surface area contributed by atoms with Crippen molar-refractivity contribution in [2.24, 2.45) is 0 Å². The van der Waals surface area contributed by atoms with Gasteiger partial charge in [-0.3, -0.25) is 0 Å². The first-order valence-corrected chi connectivity index (χ1v) is 5.52. The number of hydrogen-bond donors (Lipinski definition) is 1. The molecule has 15 heavy (non-hydrogen) atoms. The van der Waals surface area contributed by atoms with E-state index in [2.05, 4.69) is 9.59 Å². The molecule has 2 N–H and O–H groups in total. The summed E-state index contributed by atoms with van der Waals surface area (Å²) in [5.74, 6) is 0. The molecule has 0 aliphatic heterocycles. The second kappa shape index (κ2) is 5.39. The Balaban J connectivity index is 2.20. The van der Waals surface area contributed by atoms with E-state index >= 15 is 0 Å². The zero-order chi connectivity index (χ0) is 11.3. The van der Waals surface area contributed by atoms with Crippen molar-refractivity contribution in [3.63, 3.8) is 0 Å². The zero-order valence-electron chi connectivity index (χ0n) is 9.32. The third-order valence-corrected chi connectivity index (χ3v) is 2.82. The fourth-order valence-electron chi connectivity index (χ4n) is 0.905. The smallest absolute Gasteiger partial charge is 0.133 e. The highest BCUT2D eigenvalue weighted by atomic mass is 32.1. The summed E-state index contributed by atoms with van der Waals surface area (Å²) >= 11 is 1.18. The molecule has 0 amide bonds. The van der Waals surface area contributed by atoms with Crippen molar-refractivity contribution in [1.82, 2.24) is 9.59 Å². The minimum Gasteiger partial charge on any atom is -0.388 e. The van der Waals surface area contributed by atoms with Crippen LogP contribution in [0.1, 0.15) is 26.0 Å². The van der Waals surface area contributed by atoms with Gasteiger partial charge in [0.05, 0.1) is 12.2 Å². The van der Waals surface area contributed by atoms with Crippen LogP contribution in [0, 0.1) is 0 Å². The van der Waals surface area contributed by atoms with Gasteiger partial charge in [-0.05, 0) is 20.3 Å². The molecule has 86 valence electrons. The van der Waals surface area contributed by atoms with Gasteiger partial charge in [-0.15, -0.1) is 5.10 Å². The molecule has 0 fully saturated rings. The highest BCUT2D eigenvalue weighted by Gasteiger charge is 2.15. The number of nitrogens with two attached hydrogens (primary N) is 1. The van der Waals surface area contributed by atoms with Crippen molar-refractivity contribution in [1.29, 1.82) is 0 Å². The summed E-state index contributed by atoms with van der Waals surface area (Å²) in [6.07, 6.45) is 0.834. The van der Waals surface area contributed by atoms with E-state index in [-0.39, 0.29) is 5.60 Å². The third-order valence-electron chi connectivity index (χ3n) is 2.22. The van der Waals surface area contributed by atoms with E-state index in [1.165, 1.54) is 11.5 Å². The predicted octanol–water partition coefficient (Wildman–Crippen LogP) is 1.45. The van der Waals surface area contributed by atoms with E-state index in [0.29, 0.717) is 18.2 Å². The van der Waals surface area contributed by atoms with Crippen molar-refractivity contribution >= 4 is 16.5 Å². The third kappa shape index (κ3) is 4.11. The summed E-state index contributed by atoms with van der Waals surface area (Å²) in [5, 5.41) is 4.48. The molecule has 0 spiro atoms. The van der Waals surface area contributed by atoms with Crippen LogP contribution in [0.2, 0.25) is 0 Å². The molecule has 1 rings (SSSR count). The van der Waals surface area contributed by atoms with E-state index in [1.54, 1.807) is 7.11 Å². The fourth-order valence-corrected chi connectivity index (χ4v) is 1.34. The minimum atomic E-state index is -0.147. The van der Waals surface area contributed by atoms with Gasteiger partial charge in [-0.1, -0.05) is 4.49 Å². The highest BCUT2D eigenvalue weighted by Crippen LogP contribution is 2.15. The molecule has 0 unspecified atom stereocenters. The van der Waals surface area contributed by atoms with Gasteiger partial charge in [0.1, 0.15) is 10.7 Å². The number of nitrogens with zero attached hydrogens (tertiary/aromatic N) is 2. The number of nitrogen functional groups attached to an aromatic ring is 1. The first-order valence-electron chi connectivity index (χ1n) is 4.75. The Hall–Kier alpha value is -0.720. The number of methoxy groups -OCH3 is 1. The second-order valence-electron chi connectivity index (χ2n) is 3.85. The molecule has 5 nitrogen and oxygen atoms in total. The van der Waals surface area contributed by atoms with Crippen LogP contribution in [0.15, 0.2) is 0 Å². The zero-order valence-corrected chi connectivity index (χ0v) is 10.1. The topological polar surface area (TPSA) is 70.3 Å². The molecule has 0 saturated carbocycles. The van der Waals surface area contributed by atoms with Crippen molar-refractivity contribution in [3.8, 4) is 0 Å². The molecular weight excluding hydrogens is 214 g/mol. The summed E-state index contributed by atoms with van der Waals surface area (Å²) in [5.41, 5.74) is 6.19. The largest absolute Gasteiger partial charge is 0.388 e. The highest BCUT2D eigenvalue weighted by molar-refractivity contribution is 7.09. The summed E-state index contributed by atoms with van der Waals surface area (Å²) in [4.78, 5) is 0. The van der Waals surface area contributed by atoms with Gasteiger partial charge in [-0.2, -0.15) is 0 Å². The van der Waals surface area contributed by atoms with E-state index in [4.69, 9.17) is 15.2 Å². The monoisotopic (exact) mass is 231 g/mol. The number of aromatic nitrogens is 2. The molecule has 0 radical (unpaired) electrons. The lowest BCUT2D eigenvalue weighted by Crippen LogP contribution is -2.24. The van der Waals surface area contributed by atoms with E-state index < -0.39 is 0 Å². The Kier molecular flexibility index (Phi) is 4.44. The van der Waals surface area contributed by atoms with Gasteiger partial charge in [0.15, 0.2) is 0 Å². The maximum absolute atomic E-state index is 5.62. The Morgan fingerprint density at radius 3 is 2.73 bits per heavy atom. The van der Waals surface area contributed by atoms with Crippen LogP contribution in [-0.2, 0) is 16.1 Å². The standard InChI is InChI=1S/C9H17N3O2S/c1-9(2,13-3)4-5-14-6-7-8(10)15-12-11-7/h4-6,10H2,1-3H3. The van der Waals surface area contributed by atoms with Crippen LogP contribution >= 0.6 is 11.5 Å². The average molecular weight is 231 g/mol. The average Bonchev–Trinajstić information content (AvgIpc) is 2.59. The van der Waals surface area contributed by atoms with Gasteiger partial charge in [-0.25, -0.2) is 0 Å². The van der Waals surface area contributed by atoms with Crippen molar-refractivity contribution in [3.05, 3.63) is 5.69 Å². The van der Waals surface area contributed by atoms with Crippen LogP contribution in [0.5, 0.6) is 0 Å². The number of hydrogen-bond acceptors (Lipinski definition) is 6. The fraction of sp³-hybridized carbons (Fsp3) is 0.778. The molecular formula is C9H17N3O2S. The number of anilines is 1. The van der Waals surface area contributed by atoms with E-state index in [1.807, 2.05) is 13.8 Å². The Bertz CT molecular complexity index is 301. The predicted molar refractivity (Wildman–Crippen MR) is 59.7 cm³/mol. The van der Waals surface area contributed by atoms with Gasteiger partial charge in [0.25, 0.3) is 0 Å².